The molecule has 0 heterocycles. The number of esters is 1. The number of hydrogen-bond donors (Lipinski definition) is 1. The Morgan fingerprint density at radius 3 is 2.53 bits per heavy atom. The third-order valence-electron chi connectivity index (χ3n) is 2.14. The molecule has 0 aliphatic heterocycles. The molecule has 90 valence electrons. The van der Waals surface area contributed by atoms with Crippen LogP contribution in [0.15, 0.2) is 36.4 Å². The van der Waals surface area contributed by atoms with E-state index in [1.54, 1.807) is 13.0 Å². The lowest BCUT2D eigenvalue weighted by atomic mass is 10.2. The van der Waals surface area contributed by atoms with E-state index < -0.39 is 12.0 Å². The van der Waals surface area contributed by atoms with Crippen LogP contribution in [0.5, 0.6) is 0 Å². The maximum atomic E-state index is 11.4. The number of nitrogens with one attached hydrogen (secondary N) is 1. The summed E-state index contributed by atoms with van der Waals surface area (Å²) >= 11 is 0. The molecule has 0 aromatic heterocycles. The number of hydrogen-bond acceptors (Lipinski definition) is 3. The van der Waals surface area contributed by atoms with Gasteiger partial charge in [0.2, 0.25) is 5.91 Å². The average molecular weight is 233 g/mol. The van der Waals surface area contributed by atoms with E-state index in [0.717, 1.165) is 5.56 Å². The van der Waals surface area contributed by atoms with Gasteiger partial charge in [-0.05, 0) is 18.6 Å². The Kier molecular flexibility index (Phi) is 4.94. The second-order valence-electron chi connectivity index (χ2n) is 3.50. The number of amides is 1. The summed E-state index contributed by atoms with van der Waals surface area (Å²) in [6.45, 7) is 1.57. The molecule has 0 aliphatic rings. The highest BCUT2D eigenvalue weighted by Gasteiger charge is 2.13. The zero-order chi connectivity index (χ0) is 12.7. The Labute approximate surface area is 100 Å². The van der Waals surface area contributed by atoms with E-state index in [1.165, 1.54) is 13.2 Å². The Bertz CT molecular complexity index is 412. The van der Waals surface area contributed by atoms with Crippen LogP contribution in [-0.4, -0.2) is 25.0 Å². The summed E-state index contributed by atoms with van der Waals surface area (Å²) in [5, 5.41) is 2.50. The molecule has 1 rings (SSSR count). The lowest BCUT2D eigenvalue weighted by Crippen LogP contribution is -2.38. The third kappa shape index (κ3) is 4.51. The Hall–Kier alpha value is -2.10. The smallest absolute Gasteiger partial charge is 0.328 e. The summed E-state index contributed by atoms with van der Waals surface area (Å²) in [6.07, 6.45) is 3.06. The van der Waals surface area contributed by atoms with Gasteiger partial charge in [0.15, 0.2) is 0 Å². The van der Waals surface area contributed by atoms with Crippen LogP contribution in [0.1, 0.15) is 12.5 Å². The largest absolute Gasteiger partial charge is 0.467 e. The van der Waals surface area contributed by atoms with Crippen molar-refractivity contribution in [3.63, 3.8) is 0 Å². The molecule has 0 radical (unpaired) electrons. The van der Waals surface area contributed by atoms with Gasteiger partial charge >= 0.3 is 5.97 Å². The molecule has 1 unspecified atom stereocenters. The second-order valence-corrected chi connectivity index (χ2v) is 3.50. The average Bonchev–Trinajstić information content (AvgIpc) is 2.36. The Morgan fingerprint density at radius 2 is 1.94 bits per heavy atom. The second kappa shape index (κ2) is 6.48. The minimum absolute atomic E-state index is 0.327. The van der Waals surface area contributed by atoms with Crippen LogP contribution >= 0.6 is 0 Å². The first-order valence-corrected chi connectivity index (χ1v) is 5.25. The van der Waals surface area contributed by atoms with Crippen molar-refractivity contribution in [2.45, 2.75) is 13.0 Å². The van der Waals surface area contributed by atoms with Gasteiger partial charge in [0.05, 0.1) is 7.11 Å². The highest BCUT2D eigenvalue weighted by atomic mass is 16.5. The maximum Gasteiger partial charge on any atom is 0.328 e. The van der Waals surface area contributed by atoms with Crippen molar-refractivity contribution >= 4 is 18.0 Å². The molecule has 1 N–H and O–H groups in total. The highest BCUT2D eigenvalue weighted by molar-refractivity contribution is 5.94. The van der Waals surface area contributed by atoms with Crippen LogP contribution in [0.2, 0.25) is 0 Å². The predicted octanol–water partition coefficient (Wildman–Crippen LogP) is 1.38. The quantitative estimate of drug-likeness (QED) is 0.631. The molecule has 1 aromatic carbocycles. The van der Waals surface area contributed by atoms with Crippen LogP contribution in [-0.2, 0) is 14.3 Å². The first-order valence-electron chi connectivity index (χ1n) is 5.25. The van der Waals surface area contributed by atoms with Gasteiger partial charge in [-0.3, -0.25) is 4.79 Å². The molecule has 17 heavy (non-hydrogen) atoms. The molecule has 4 nitrogen and oxygen atoms in total. The van der Waals surface area contributed by atoms with Crippen LogP contribution in [0.25, 0.3) is 6.08 Å². The van der Waals surface area contributed by atoms with Gasteiger partial charge in [0, 0.05) is 6.08 Å². The number of ether oxygens (including phenoxy) is 1. The van der Waals surface area contributed by atoms with Crippen molar-refractivity contribution < 1.29 is 14.3 Å². The van der Waals surface area contributed by atoms with E-state index in [2.05, 4.69) is 10.1 Å². The molecule has 0 bridgehead atoms. The maximum absolute atomic E-state index is 11.4. The summed E-state index contributed by atoms with van der Waals surface area (Å²) < 4.78 is 4.50. The van der Waals surface area contributed by atoms with Crippen LogP contribution in [0.4, 0.5) is 0 Å². The van der Waals surface area contributed by atoms with E-state index in [4.69, 9.17) is 0 Å². The molecule has 0 saturated heterocycles. The van der Waals surface area contributed by atoms with Crippen LogP contribution in [0.3, 0.4) is 0 Å². The van der Waals surface area contributed by atoms with Crippen molar-refractivity contribution in [2.24, 2.45) is 0 Å². The van der Waals surface area contributed by atoms with Gasteiger partial charge in [0.1, 0.15) is 6.04 Å². The minimum atomic E-state index is -0.645. The lowest BCUT2D eigenvalue weighted by molar-refractivity contribution is -0.144. The molecule has 4 heteroatoms. The monoisotopic (exact) mass is 233 g/mol. The van der Waals surface area contributed by atoms with Crippen molar-refractivity contribution in [2.75, 3.05) is 7.11 Å². The van der Waals surface area contributed by atoms with E-state index >= 15 is 0 Å². The standard InChI is InChI=1S/C13H15NO3/c1-10(13(16)17-2)14-12(15)9-8-11-6-4-3-5-7-11/h3-10H,1-2H3,(H,14,15). The van der Waals surface area contributed by atoms with Gasteiger partial charge in [-0.15, -0.1) is 0 Å². The number of carbonyl (C=O) groups is 2. The zero-order valence-electron chi connectivity index (χ0n) is 9.84. The number of benzene rings is 1. The molecule has 0 saturated carbocycles. The van der Waals surface area contributed by atoms with Crippen molar-refractivity contribution in [3.8, 4) is 0 Å². The summed E-state index contributed by atoms with van der Waals surface area (Å²) in [4.78, 5) is 22.5. The normalized spacial score (nSPS) is 12.1. The fourth-order valence-corrected chi connectivity index (χ4v) is 1.23. The van der Waals surface area contributed by atoms with E-state index in [9.17, 15) is 9.59 Å². The molecule has 0 fully saturated rings. The Balaban J connectivity index is 2.50. The van der Waals surface area contributed by atoms with Crippen LogP contribution < -0.4 is 5.32 Å². The summed E-state index contributed by atoms with van der Waals surface area (Å²) in [6, 6.07) is 8.79. The van der Waals surface area contributed by atoms with Gasteiger partial charge in [0.25, 0.3) is 0 Å². The molecule has 1 amide bonds. The van der Waals surface area contributed by atoms with Gasteiger partial charge in [-0.25, -0.2) is 4.79 Å². The van der Waals surface area contributed by atoms with Crippen molar-refractivity contribution in [1.82, 2.24) is 5.32 Å². The van der Waals surface area contributed by atoms with Crippen molar-refractivity contribution in [1.29, 1.82) is 0 Å². The third-order valence-corrected chi connectivity index (χ3v) is 2.14. The number of rotatable bonds is 4. The summed E-state index contributed by atoms with van der Waals surface area (Å²) in [5.41, 5.74) is 0.924. The zero-order valence-corrected chi connectivity index (χ0v) is 9.84. The first kappa shape index (κ1) is 13.0. The molecular formula is C13H15NO3. The summed E-state index contributed by atoms with van der Waals surface area (Å²) in [7, 11) is 1.28. The number of methoxy groups -OCH3 is 1. The SMILES string of the molecule is COC(=O)C(C)NC(=O)C=Cc1ccccc1. The molecule has 1 atom stereocenters. The van der Waals surface area contributed by atoms with E-state index in [1.807, 2.05) is 30.3 Å². The minimum Gasteiger partial charge on any atom is -0.467 e. The molecule has 1 aromatic rings. The van der Waals surface area contributed by atoms with E-state index in [-0.39, 0.29) is 5.91 Å². The van der Waals surface area contributed by atoms with Gasteiger partial charge in [-0.2, -0.15) is 0 Å². The lowest BCUT2D eigenvalue weighted by Gasteiger charge is -2.09. The molecule has 0 spiro atoms. The fraction of sp³-hybridized carbons (Fsp3) is 0.231. The highest BCUT2D eigenvalue weighted by Crippen LogP contribution is 2.00. The molecule has 0 aliphatic carbocycles. The first-order chi connectivity index (χ1) is 8.13. The Morgan fingerprint density at radius 1 is 1.29 bits per heavy atom. The fourth-order valence-electron chi connectivity index (χ4n) is 1.23. The number of carbonyl (C=O) groups excluding carboxylic acids is 2. The van der Waals surface area contributed by atoms with E-state index in [0.29, 0.717) is 0 Å². The van der Waals surface area contributed by atoms with Crippen LogP contribution in [0, 0.1) is 0 Å². The van der Waals surface area contributed by atoms with Crippen molar-refractivity contribution in [3.05, 3.63) is 42.0 Å². The predicted molar refractivity (Wildman–Crippen MR) is 65.1 cm³/mol. The summed E-state index contributed by atoms with van der Waals surface area (Å²) in [5.74, 6) is -0.793. The van der Waals surface area contributed by atoms with Gasteiger partial charge < -0.3 is 10.1 Å². The van der Waals surface area contributed by atoms with Gasteiger partial charge in [-0.1, -0.05) is 30.3 Å². The molecular weight excluding hydrogens is 218 g/mol. The topological polar surface area (TPSA) is 55.4 Å².